The highest BCUT2D eigenvalue weighted by Gasteiger charge is 2.19. The van der Waals surface area contributed by atoms with Gasteiger partial charge in [-0.2, -0.15) is 0 Å². The lowest BCUT2D eigenvalue weighted by atomic mass is 9.99. The Kier molecular flexibility index (Phi) is 1.93. The molecule has 0 aliphatic heterocycles. The lowest BCUT2D eigenvalue weighted by Crippen LogP contribution is -2.16. The van der Waals surface area contributed by atoms with Crippen LogP contribution in [0.5, 0.6) is 0 Å². The minimum atomic E-state index is 0.957. The third-order valence-corrected chi connectivity index (χ3v) is 4.21. The molecule has 0 aromatic carbocycles. The largest absolute Gasteiger partial charge is 0.0557 e. The van der Waals surface area contributed by atoms with E-state index in [1.54, 1.807) is 12.8 Å². The van der Waals surface area contributed by atoms with Crippen LogP contribution in [0.2, 0.25) is 4.66 Å². The van der Waals surface area contributed by atoms with Crippen molar-refractivity contribution in [2.45, 2.75) is 36.8 Å². The summed E-state index contributed by atoms with van der Waals surface area (Å²) in [5, 5.41) is 0. The van der Waals surface area contributed by atoms with Gasteiger partial charge in [0.1, 0.15) is 0 Å². The second kappa shape index (κ2) is 2.35. The van der Waals surface area contributed by atoms with Crippen LogP contribution in [0.15, 0.2) is 0 Å². The molecule has 2 heteroatoms. The molecule has 1 rings (SSSR count). The summed E-state index contributed by atoms with van der Waals surface area (Å²) in [5.41, 5.74) is 0. The molecular weight excluding hydrogens is 128 g/mol. The Balaban J connectivity index is 2.33. The van der Waals surface area contributed by atoms with E-state index < -0.39 is 0 Å². The summed E-state index contributed by atoms with van der Waals surface area (Å²) >= 11 is 0. The average molecular weight is 144 g/mol. The van der Waals surface area contributed by atoms with Gasteiger partial charge in [0.2, 0.25) is 0 Å². The van der Waals surface area contributed by atoms with Crippen molar-refractivity contribution in [2.75, 3.05) is 0 Å². The highest BCUT2D eigenvalue weighted by molar-refractivity contribution is 6.39. The molecule has 1 aliphatic carbocycles. The zero-order chi connectivity index (χ0) is 6.04. The van der Waals surface area contributed by atoms with Crippen LogP contribution in [0.4, 0.5) is 0 Å². The van der Waals surface area contributed by atoms with Gasteiger partial charge in [-0.25, -0.2) is 0 Å². The first-order chi connectivity index (χ1) is 3.71. The maximum atomic E-state index is 1.57. The molecule has 0 saturated heterocycles. The van der Waals surface area contributed by atoms with E-state index in [9.17, 15) is 0 Å². The summed E-state index contributed by atoms with van der Waals surface area (Å²) in [6.45, 7) is 0. The van der Waals surface area contributed by atoms with Crippen LogP contribution in [0, 0.1) is 0 Å². The summed E-state index contributed by atoms with van der Waals surface area (Å²) < 4.78 is 0.957. The molecule has 1 aliphatic rings. The van der Waals surface area contributed by atoms with Gasteiger partial charge in [0.05, 0.1) is 0 Å². The molecule has 8 heavy (non-hydrogen) atoms. The smallest absolute Gasteiger partial charge is 0.00623 e. The summed E-state index contributed by atoms with van der Waals surface area (Å²) in [5.74, 6) is 0. The first kappa shape index (κ1) is 6.55. The summed E-state index contributed by atoms with van der Waals surface area (Å²) in [7, 11) is 2.94. The van der Waals surface area contributed by atoms with Gasteiger partial charge in [-0.3, -0.25) is 0 Å². The molecule has 0 aromatic heterocycles. The van der Waals surface area contributed by atoms with Crippen LogP contribution in [0.1, 0.15) is 32.1 Å². The van der Waals surface area contributed by atoms with Crippen molar-refractivity contribution in [3.05, 3.63) is 0 Å². The number of hydrogen-bond donors (Lipinski definition) is 0. The molecule has 1 fully saturated rings. The maximum absolute atomic E-state index is 1.57. The van der Waals surface area contributed by atoms with Gasteiger partial charge >= 0.3 is 0 Å². The molecule has 0 radical (unpaired) electrons. The summed E-state index contributed by atoms with van der Waals surface area (Å²) in [6, 6.07) is 0. The van der Waals surface area contributed by atoms with Gasteiger partial charge in [0, 0.05) is 20.5 Å². The quantitative estimate of drug-likeness (QED) is 0.413. The molecule has 48 valence electrons. The average Bonchev–Trinajstić information content (AvgIpc) is 1.65. The number of hydrogen-bond acceptors (Lipinski definition) is 0. The van der Waals surface area contributed by atoms with Crippen LogP contribution in [0.3, 0.4) is 0 Å². The SMILES string of the molecule is [SiH3]C1([SiH3])CCCCC1. The second-order valence-corrected chi connectivity index (χ2v) is 10.6. The van der Waals surface area contributed by atoms with Crippen LogP contribution in [-0.4, -0.2) is 20.5 Å². The minimum absolute atomic E-state index is 0.957. The Bertz CT molecular complexity index is 70.6. The monoisotopic (exact) mass is 144 g/mol. The third kappa shape index (κ3) is 1.74. The van der Waals surface area contributed by atoms with E-state index in [-0.39, 0.29) is 0 Å². The van der Waals surface area contributed by atoms with Crippen molar-refractivity contribution in [2.24, 2.45) is 0 Å². The second-order valence-electron chi connectivity index (χ2n) is 3.72. The van der Waals surface area contributed by atoms with Gasteiger partial charge in [-0.1, -0.05) is 36.8 Å². The van der Waals surface area contributed by atoms with E-state index in [0.29, 0.717) is 0 Å². The Morgan fingerprint density at radius 3 is 1.62 bits per heavy atom. The van der Waals surface area contributed by atoms with E-state index in [2.05, 4.69) is 0 Å². The first-order valence-electron chi connectivity index (χ1n) is 3.71. The first-order valence-corrected chi connectivity index (χ1v) is 5.71. The Labute approximate surface area is 57.9 Å². The van der Waals surface area contributed by atoms with E-state index in [4.69, 9.17) is 0 Å². The topological polar surface area (TPSA) is 0 Å². The number of rotatable bonds is 0. The maximum Gasteiger partial charge on any atom is 0.00623 e. The molecule has 0 amide bonds. The zero-order valence-corrected chi connectivity index (χ0v) is 10.0. The molecule has 0 bridgehead atoms. The van der Waals surface area contributed by atoms with E-state index >= 15 is 0 Å². The van der Waals surface area contributed by atoms with E-state index in [1.165, 1.54) is 39.7 Å². The summed E-state index contributed by atoms with van der Waals surface area (Å²) in [4.78, 5) is 0. The third-order valence-electron chi connectivity index (χ3n) is 2.21. The fourth-order valence-corrected chi connectivity index (χ4v) is 2.92. The van der Waals surface area contributed by atoms with E-state index in [1.807, 2.05) is 0 Å². The van der Waals surface area contributed by atoms with Gasteiger partial charge in [0.25, 0.3) is 0 Å². The molecule has 0 unspecified atom stereocenters. The van der Waals surface area contributed by atoms with Gasteiger partial charge in [-0.15, -0.1) is 0 Å². The normalized spacial score (nSPS) is 28.5. The molecule has 0 atom stereocenters. The highest BCUT2D eigenvalue weighted by Crippen LogP contribution is 2.35. The van der Waals surface area contributed by atoms with E-state index in [0.717, 1.165) is 4.66 Å². The summed E-state index contributed by atoms with van der Waals surface area (Å²) in [6.07, 6.45) is 7.74. The predicted octanol–water partition coefficient (Wildman–Crippen LogP) is -0.203. The lowest BCUT2D eigenvalue weighted by molar-refractivity contribution is 0.470. The van der Waals surface area contributed by atoms with Crippen LogP contribution >= 0.6 is 0 Å². The molecule has 1 saturated carbocycles. The zero-order valence-electron chi connectivity index (χ0n) is 6.04. The molecule has 0 aromatic rings. The lowest BCUT2D eigenvalue weighted by Gasteiger charge is -2.28. The minimum Gasteiger partial charge on any atom is -0.0557 e. The molecular formula is C6H16Si2. The highest BCUT2D eigenvalue weighted by atomic mass is 28.2. The molecule has 0 nitrogen and oxygen atoms in total. The Morgan fingerprint density at radius 2 is 1.38 bits per heavy atom. The Morgan fingerprint density at radius 1 is 0.875 bits per heavy atom. The van der Waals surface area contributed by atoms with Gasteiger partial charge < -0.3 is 0 Å². The molecule has 0 spiro atoms. The van der Waals surface area contributed by atoms with Crippen molar-refractivity contribution in [1.29, 1.82) is 0 Å². The predicted molar refractivity (Wildman–Crippen MR) is 45.7 cm³/mol. The van der Waals surface area contributed by atoms with Crippen LogP contribution in [0.25, 0.3) is 0 Å². The van der Waals surface area contributed by atoms with Gasteiger partial charge in [-0.05, 0) is 0 Å². The fraction of sp³-hybridized carbons (Fsp3) is 1.00. The van der Waals surface area contributed by atoms with Crippen molar-refractivity contribution in [3.8, 4) is 0 Å². The Hall–Kier alpha value is 0.434. The van der Waals surface area contributed by atoms with Crippen molar-refractivity contribution in [1.82, 2.24) is 0 Å². The van der Waals surface area contributed by atoms with Crippen molar-refractivity contribution in [3.63, 3.8) is 0 Å². The molecule has 0 N–H and O–H groups in total. The fourth-order valence-electron chi connectivity index (χ4n) is 1.51. The van der Waals surface area contributed by atoms with Crippen LogP contribution in [-0.2, 0) is 0 Å². The van der Waals surface area contributed by atoms with Gasteiger partial charge in [0.15, 0.2) is 0 Å². The van der Waals surface area contributed by atoms with Crippen LogP contribution < -0.4 is 0 Å². The standard InChI is InChI=1S/C6H16Si2/c7-6(8)4-2-1-3-5-6/h1-5H2,7-8H3. The van der Waals surface area contributed by atoms with Crippen molar-refractivity contribution < 1.29 is 0 Å². The molecule has 0 heterocycles. The van der Waals surface area contributed by atoms with Crippen molar-refractivity contribution >= 4 is 20.5 Å².